The molecule has 2 aromatic carbocycles. The summed E-state index contributed by atoms with van der Waals surface area (Å²) in [6, 6.07) is 11.3. The van der Waals surface area contributed by atoms with Crippen molar-refractivity contribution < 1.29 is 5.11 Å². The van der Waals surface area contributed by atoms with E-state index in [9.17, 15) is 14.7 Å². The van der Waals surface area contributed by atoms with Crippen molar-refractivity contribution in [3.63, 3.8) is 0 Å². The summed E-state index contributed by atoms with van der Waals surface area (Å²) in [5, 5.41) is 9.75. The van der Waals surface area contributed by atoms with Gasteiger partial charge >= 0.3 is 5.69 Å². The minimum atomic E-state index is -0.503. The van der Waals surface area contributed by atoms with Gasteiger partial charge in [0.25, 0.3) is 5.56 Å². The molecule has 0 atom stereocenters. The third kappa shape index (κ3) is 1.89. The number of benzene rings is 2. The van der Waals surface area contributed by atoms with E-state index in [1.165, 1.54) is 18.2 Å². The van der Waals surface area contributed by atoms with Crippen LogP contribution in [0.2, 0.25) is 0 Å². The van der Waals surface area contributed by atoms with Crippen molar-refractivity contribution in [1.29, 1.82) is 0 Å². The zero-order valence-electron chi connectivity index (χ0n) is 10.8. The highest BCUT2D eigenvalue weighted by Crippen LogP contribution is 2.14. The predicted molar refractivity (Wildman–Crippen MR) is 76.6 cm³/mol. The van der Waals surface area contributed by atoms with Crippen LogP contribution in [0, 0.1) is 6.92 Å². The lowest BCUT2D eigenvalue weighted by Gasteiger charge is -2.07. The third-order valence-electron chi connectivity index (χ3n) is 3.17. The van der Waals surface area contributed by atoms with Crippen molar-refractivity contribution in [2.75, 3.05) is 0 Å². The monoisotopic (exact) mass is 268 g/mol. The Bertz CT molecular complexity index is 905. The molecule has 0 aliphatic heterocycles. The fraction of sp³-hybridized carbons (Fsp3) is 0.0667. The summed E-state index contributed by atoms with van der Waals surface area (Å²) in [4.78, 5) is 27.1. The van der Waals surface area contributed by atoms with Crippen molar-refractivity contribution in [2.45, 2.75) is 6.92 Å². The molecule has 0 unspecified atom stereocenters. The fourth-order valence-corrected chi connectivity index (χ4v) is 2.13. The molecule has 0 aliphatic rings. The first kappa shape index (κ1) is 12.2. The molecule has 0 spiro atoms. The summed E-state index contributed by atoms with van der Waals surface area (Å²) in [5.74, 6) is -0.0166. The Morgan fingerprint density at radius 3 is 2.45 bits per heavy atom. The van der Waals surface area contributed by atoms with E-state index in [-0.39, 0.29) is 11.1 Å². The Balaban J connectivity index is 2.39. The summed E-state index contributed by atoms with van der Waals surface area (Å²) < 4.78 is 1.06. The summed E-state index contributed by atoms with van der Waals surface area (Å²) >= 11 is 0. The number of H-pyrrole nitrogens is 1. The number of nitrogens with one attached hydrogen (secondary N) is 1. The molecule has 3 aromatic rings. The van der Waals surface area contributed by atoms with Gasteiger partial charge in [0.05, 0.1) is 16.6 Å². The molecule has 0 fully saturated rings. The largest absolute Gasteiger partial charge is 0.508 e. The molecule has 2 N–H and O–H groups in total. The van der Waals surface area contributed by atoms with Gasteiger partial charge < -0.3 is 10.1 Å². The molecular formula is C15H12N2O3. The van der Waals surface area contributed by atoms with Gasteiger partial charge in [0, 0.05) is 0 Å². The molecule has 20 heavy (non-hydrogen) atoms. The second kappa shape index (κ2) is 4.38. The number of aryl methyl sites for hydroxylation is 1. The van der Waals surface area contributed by atoms with E-state index < -0.39 is 11.2 Å². The Morgan fingerprint density at radius 1 is 1.05 bits per heavy atom. The van der Waals surface area contributed by atoms with Crippen molar-refractivity contribution >= 4 is 10.9 Å². The van der Waals surface area contributed by atoms with Crippen molar-refractivity contribution in [3.05, 3.63) is 68.9 Å². The summed E-state index contributed by atoms with van der Waals surface area (Å²) in [5.41, 5.74) is 0.977. The molecule has 5 nitrogen and oxygen atoms in total. The van der Waals surface area contributed by atoms with Gasteiger partial charge in [-0.05, 0) is 37.3 Å². The van der Waals surface area contributed by atoms with E-state index in [1.807, 2.05) is 19.1 Å². The first-order valence-electron chi connectivity index (χ1n) is 6.11. The van der Waals surface area contributed by atoms with Gasteiger partial charge in [-0.1, -0.05) is 17.7 Å². The Morgan fingerprint density at radius 2 is 1.75 bits per heavy atom. The zero-order chi connectivity index (χ0) is 14.3. The third-order valence-corrected chi connectivity index (χ3v) is 3.17. The second-order valence-electron chi connectivity index (χ2n) is 4.64. The number of phenolic OH excluding ortho intramolecular Hbond substituents is 1. The number of hydrogen-bond donors (Lipinski definition) is 2. The van der Waals surface area contributed by atoms with Crippen LogP contribution < -0.4 is 11.2 Å². The average Bonchev–Trinajstić information content (AvgIpc) is 2.42. The van der Waals surface area contributed by atoms with Crippen molar-refractivity contribution in [3.8, 4) is 11.4 Å². The lowest BCUT2D eigenvalue weighted by molar-refractivity contribution is 0.476. The first-order chi connectivity index (χ1) is 9.56. The van der Waals surface area contributed by atoms with E-state index in [0.29, 0.717) is 11.2 Å². The van der Waals surface area contributed by atoms with E-state index >= 15 is 0 Å². The molecule has 3 rings (SSSR count). The number of aromatic hydroxyl groups is 1. The number of phenols is 1. The zero-order valence-corrected chi connectivity index (χ0v) is 10.8. The topological polar surface area (TPSA) is 75.1 Å². The van der Waals surface area contributed by atoms with Crippen LogP contribution in [-0.4, -0.2) is 14.7 Å². The Kier molecular flexibility index (Phi) is 2.68. The predicted octanol–water partition coefficient (Wildman–Crippen LogP) is 1.69. The molecule has 0 saturated carbocycles. The Hall–Kier alpha value is -2.82. The smallest absolute Gasteiger partial charge is 0.333 e. The molecule has 0 saturated heterocycles. The maximum Gasteiger partial charge on any atom is 0.333 e. The number of hydrogen-bond acceptors (Lipinski definition) is 3. The number of rotatable bonds is 1. The molecule has 5 heteroatoms. The number of fused-ring (bicyclic) bond motifs is 1. The van der Waals surface area contributed by atoms with Gasteiger partial charge in [-0.15, -0.1) is 0 Å². The normalized spacial score (nSPS) is 10.8. The van der Waals surface area contributed by atoms with Crippen LogP contribution in [0.3, 0.4) is 0 Å². The summed E-state index contributed by atoms with van der Waals surface area (Å²) in [6.07, 6.45) is 0. The fourth-order valence-electron chi connectivity index (χ4n) is 2.13. The van der Waals surface area contributed by atoms with E-state index in [4.69, 9.17) is 0 Å². The van der Waals surface area contributed by atoms with Crippen LogP contribution in [0.15, 0.2) is 52.1 Å². The SMILES string of the molecule is Cc1ccc(-n2c(=O)[nH]c3ccc(O)cc3c2=O)cc1. The van der Waals surface area contributed by atoms with Crippen molar-refractivity contribution in [1.82, 2.24) is 9.55 Å². The minimum absolute atomic E-state index is 0.0166. The van der Waals surface area contributed by atoms with Gasteiger partial charge in [0.1, 0.15) is 5.75 Å². The van der Waals surface area contributed by atoms with Crippen LogP contribution in [-0.2, 0) is 0 Å². The van der Waals surface area contributed by atoms with Gasteiger partial charge in [-0.2, -0.15) is 0 Å². The number of nitrogens with zero attached hydrogens (tertiary/aromatic N) is 1. The molecule has 0 radical (unpaired) electrons. The number of aromatic amines is 1. The second-order valence-corrected chi connectivity index (χ2v) is 4.64. The molecule has 1 aromatic heterocycles. The van der Waals surface area contributed by atoms with E-state index in [2.05, 4.69) is 4.98 Å². The molecule has 100 valence electrons. The van der Waals surface area contributed by atoms with Gasteiger partial charge in [0.15, 0.2) is 0 Å². The quantitative estimate of drug-likeness (QED) is 0.705. The standard InChI is InChI=1S/C15H12N2O3/c1-9-2-4-10(5-3-9)17-14(19)12-8-11(18)6-7-13(12)16-15(17)20/h2-8,18H,1H3,(H,16,20). The highest BCUT2D eigenvalue weighted by atomic mass is 16.3. The maximum atomic E-state index is 12.4. The highest BCUT2D eigenvalue weighted by molar-refractivity contribution is 5.79. The molecule has 0 bridgehead atoms. The molecule has 0 aliphatic carbocycles. The van der Waals surface area contributed by atoms with E-state index in [1.54, 1.807) is 12.1 Å². The maximum absolute atomic E-state index is 12.4. The van der Waals surface area contributed by atoms with Crippen LogP contribution in [0.1, 0.15) is 5.56 Å². The van der Waals surface area contributed by atoms with Crippen molar-refractivity contribution in [2.24, 2.45) is 0 Å². The van der Waals surface area contributed by atoms with Crippen LogP contribution in [0.4, 0.5) is 0 Å². The first-order valence-corrected chi connectivity index (χ1v) is 6.11. The van der Waals surface area contributed by atoms with Crippen LogP contribution >= 0.6 is 0 Å². The van der Waals surface area contributed by atoms with Crippen LogP contribution in [0.5, 0.6) is 5.75 Å². The summed E-state index contributed by atoms with van der Waals surface area (Å²) in [6.45, 7) is 1.93. The number of aromatic nitrogens is 2. The van der Waals surface area contributed by atoms with E-state index in [0.717, 1.165) is 10.1 Å². The van der Waals surface area contributed by atoms with Gasteiger partial charge in [0.2, 0.25) is 0 Å². The molecule has 0 amide bonds. The lowest BCUT2D eigenvalue weighted by Crippen LogP contribution is -2.33. The summed E-state index contributed by atoms with van der Waals surface area (Å²) in [7, 11) is 0. The molecule has 1 heterocycles. The lowest BCUT2D eigenvalue weighted by atomic mass is 10.2. The highest BCUT2D eigenvalue weighted by Gasteiger charge is 2.09. The van der Waals surface area contributed by atoms with Gasteiger partial charge in [-0.25, -0.2) is 9.36 Å². The average molecular weight is 268 g/mol. The molecular weight excluding hydrogens is 256 g/mol. The van der Waals surface area contributed by atoms with Crippen LogP contribution in [0.25, 0.3) is 16.6 Å². The van der Waals surface area contributed by atoms with Gasteiger partial charge in [-0.3, -0.25) is 4.79 Å². The minimum Gasteiger partial charge on any atom is -0.508 e. The Labute approximate surface area is 113 Å².